The average Bonchev–Trinajstić information content (AvgIpc) is 3.46. The second-order valence-corrected chi connectivity index (χ2v) is 14.6. The van der Waals surface area contributed by atoms with E-state index in [1.54, 1.807) is 17.0 Å². The number of ether oxygens (including phenoxy) is 1. The van der Waals surface area contributed by atoms with Crippen molar-refractivity contribution in [1.82, 2.24) is 24.3 Å². The number of H-pyrrole nitrogens is 1. The first-order valence-electron chi connectivity index (χ1n) is 17.2. The number of likely N-dealkylation sites (tertiary alicyclic amines) is 3. The summed E-state index contributed by atoms with van der Waals surface area (Å²) in [5.41, 5.74) is 2.33. The Labute approximate surface area is 290 Å². The molecule has 0 radical (unpaired) electrons. The van der Waals surface area contributed by atoms with Crippen LogP contribution in [0.15, 0.2) is 59.4 Å². The van der Waals surface area contributed by atoms with Gasteiger partial charge in [-0.2, -0.15) is 0 Å². The highest BCUT2D eigenvalue weighted by molar-refractivity contribution is 6.42. The van der Waals surface area contributed by atoms with E-state index in [2.05, 4.69) is 16.9 Å². The topological polar surface area (TPSA) is 90.9 Å². The Balaban J connectivity index is 1.02. The number of hydrogen-bond donors (Lipinski definition) is 1. The monoisotopic (exact) mass is 691 g/mol. The maximum atomic E-state index is 14.0. The molecule has 1 atom stereocenters. The molecule has 9 nitrogen and oxygen atoms in total. The predicted molar refractivity (Wildman–Crippen MR) is 190 cm³/mol. The van der Waals surface area contributed by atoms with Crippen LogP contribution in [-0.4, -0.2) is 88.7 Å². The number of nitrogens with zero attached hydrogens (tertiary/aromatic N) is 4. The molecule has 3 aromatic carbocycles. The summed E-state index contributed by atoms with van der Waals surface area (Å²) in [4.78, 5) is 49.7. The zero-order valence-electron chi connectivity index (χ0n) is 27.4. The van der Waals surface area contributed by atoms with Gasteiger partial charge in [0.1, 0.15) is 0 Å². The van der Waals surface area contributed by atoms with Crippen LogP contribution in [0.1, 0.15) is 50.1 Å². The molecule has 4 aromatic rings. The van der Waals surface area contributed by atoms with Gasteiger partial charge in [-0.1, -0.05) is 59.6 Å². The molecule has 11 heteroatoms. The van der Waals surface area contributed by atoms with Gasteiger partial charge in [0.2, 0.25) is 0 Å². The van der Waals surface area contributed by atoms with Crippen LogP contribution in [0.5, 0.6) is 0 Å². The van der Waals surface area contributed by atoms with Crippen molar-refractivity contribution in [3.63, 3.8) is 0 Å². The molecule has 1 N–H and O–H groups in total. The maximum Gasteiger partial charge on any atom is 0.410 e. The fourth-order valence-corrected chi connectivity index (χ4v) is 8.41. The van der Waals surface area contributed by atoms with Gasteiger partial charge in [0.15, 0.2) is 6.10 Å². The van der Waals surface area contributed by atoms with E-state index >= 15 is 0 Å². The zero-order chi connectivity index (χ0) is 33.4. The first-order chi connectivity index (χ1) is 23.2. The lowest BCUT2D eigenvalue weighted by molar-refractivity contribution is -0.142. The quantitative estimate of drug-likeness (QED) is 0.242. The Kier molecular flexibility index (Phi) is 9.72. The fraction of sp³-hybridized carbons (Fsp3) is 0.486. The van der Waals surface area contributed by atoms with Gasteiger partial charge in [-0.25, -0.2) is 9.59 Å². The van der Waals surface area contributed by atoms with E-state index in [0.717, 1.165) is 53.3 Å². The summed E-state index contributed by atoms with van der Waals surface area (Å²) in [7, 11) is 2.18. The minimum atomic E-state index is -0.975. The summed E-state index contributed by atoms with van der Waals surface area (Å²) in [6, 6.07) is 17.2. The number of benzene rings is 3. The van der Waals surface area contributed by atoms with Crippen LogP contribution in [-0.2, 0) is 16.0 Å². The van der Waals surface area contributed by atoms with Crippen molar-refractivity contribution >= 4 is 57.0 Å². The van der Waals surface area contributed by atoms with Crippen molar-refractivity contribution in [2.75, 3.05) is 46.3 Å². The number of piperidine rings is 3. The second-order valence-electron chi connectivity index (χ2n) is 13.8. The highest BCUT2D eigenvalue weighted by Gasteiger charge is 2.36. The maximum absolute atomic E-state index is 14.0. The first-order valence-corrected chi connectivity index (χ1v) is 18.0. The molecule has 48 heavy (non-hydrogen) atoms. The smallest absolute Gasteiger partial charge is 0.410 e. The van der Waals surface area contributed by atoms with Gasteiger partial charge < -0.3 is 24.4 Å². The zero-order valence-corrected chi connectivity index (χ0v) is 28.9. The van der Waals surface area contributed by atoms with Gasteiger partial charge >= 0.3 is 11.8 Å². The largest absolute Gasteiger partial charge is 0.436 e. The molecule has 254 valence electrons. The summed E-state index contributed by atoms with van der Waals surface area (Å²) in [6.07, 6.45) is 4.32. The second kappa shape index (κ2) is 14.1. The summed E-state index contributed by atoms with van der Waals surface area (Å²) in [5.74, 6) is 1.18. The van der Waals surface area contributed by atoms with Crippen molar-refractivity contribution in [3.8, 4) is 0 Å². The van der Waals surface area contributed by atoms with Gasteiger partial charge in [0.05, 0.1) is 21.1 Å². The van der Waals surface area contributed by atoms with Crippen molar-refractivity contribution in [1.29, 1.82) is 0 Å². The Bertz CT molecular complexity index is 1850. The van der Waals surface area contributed by atoms with Crippen LogP contribution in [0.4, 0.5) is 4.79 Å². The van der Waals surface area contributed by atoms with Crippen LogP contribution in [0.2, 0.25) is 10.0 Å². The molecule has 2 amide bonds. The van der Waals surface area contributed by atoms with Gasteiger partial charge in [-0.3, -0.25) is 9.36 Å². The van der Waals surface area contributed by atoms with Gasteiger partial charge in [-0.15, -0.1) is 0 Å². The molecule has 1 aromatic heterocycles. The average molecular weight is 693 g/mol. The molecule has 3 aliphatic rings. The van der Waals surface area contributed by atoms with Crippen molar-refractivity contribution in [3.05, 3.63) is 80.7 Å². The Hall–Kier alpha value is -3.53. The van der Waals surface area contributed by atoms with Crippen LogP contribution in [0.3, 0.4) is 0 Å². The molecular weight excluding hydrogens is 649 g/mol. The fourth-order valence-electron chi connectivity index (χ4n) is 8.09. The third-order valence-corrected chi connectivity index (χ3v) is 11.6. The number of amides is 2. The molecule has 0 aliphatic carbocycles. The molecule has 4 heterocycles. The van der Waals surface area contributed by atoms with E-state index < -0.39 is 12.2 Å². The van der Waals surface area contributed by atoms with Crippen molar-refractivity contribution in [2.45, 2.75) is 57.1 Å². The normalized spacial score (nSPS) is 19.6. The molecule has 0 saturated carbocycles. The number of aromatic amines is 1. The third kappa shape index (κ3) is 6.82. The number of fused-ring (bicyclic) bond motifs is 3. The number of nitrogens with one attached hydrogen (secondary N) is 1. The number of aromatic nitrogens is 2. The minimum Gasteiger partial charge on any atom is -0.436 e. The summed E-state index contributed by atoms with van der Waals surface area (Å²) in [5, 5.41) is 2.91. The number of hydrogen-bond acceptors (Lipinski definition) is 5. The Morgan fingerprint density at radius 1 is 0.833 bits per heavy atom. The first kappa shape index (κ1) is 33.0. The lowest BCUT2D eigenvalue weighted by atomic mass is 9.79. The number of carbonyl (C=O) groups excluding carboxylic acids is 2. The number of rotatable bonds is 6. The SMILES string of the molecule is CN1CCC(C2CCN(C(=O)[C@@H](Cc3ccc(Cl)c(Cl)c3)OC(=O)N3CCC(n4c(=O)[nH]c5c6ccccc6ccc54)CC3)CC2)CC1. The van der Waals surface area contributed by atoms with Crippen molar-refractivity contribution in [2.24, 2.45) is 11.8 Å². The van der Waals surface area contributed by atoms with E-state index in [0.29, 0.717) is 60.9 Å². The van der Waals surface area contributed by atoms with Gasteiger partial charge in [0.25, 0.3) is 5.91 Å². The van der Waals surface area contributed by atoms with E-state index in [1.807, 2.05) is 51.9 Å². The number of halogens is 2. The van der Waals surface area contributed by atoms with E-state index in [1.165, 1.54) is 12.8 Å². The van der Waals surface area contributed by atoms with Crippen LogP contribution >= 0.6 is 23.2 Å². The number of imidazole rings is 1. The highest BCUT2D eigenvalue weighted by Crippen LogP contribution is 2.33. The molecule has 0 spiro atoms. The molecule has 0 bridgehead atoms. The number of carbonyl (C=O) groups is 2. The van der Waals surface area contributed by atoms with E-state index in [9.17, 15) is 14.4 Å². The van der Waals surface area contributed by atoms with Gasteiger partial charge in [-0.05, 0) is 99.6 Å². The summed E-state index contributed by atoms with van der Waals surface area (Å²) in [6.45, 7) is 4.46. The third-order valence-electron chi connectivity index (χ3n) is 10.9. The summed E-state index contributed by atoms with van der Waals surface area (Å²) < 4.78 is 7.87. The molecule has 0 unspecified atom stereocenters. The Morgan fingerprint density at radius 3 is 2.21 bits per heavy atom. The molecular formula is C37H43Cl2N5O4. The molecule has 7 rings (SSSR count). The summed E-state index contributed by atoms with van der Waals surface area (Å²) >= 11 is 12.5. The van der Waals surface area contributed by atoms with Gasteiger partial charge in [0, 0.05) is 44.0 Å². The van der Waals surface area contributed by atoms with Crippen molar-refractivity contribution < 1.29 is 14.3 Å². The van der Waals surface area contributed by atoms with E-state index in [4.69, 9.17) is 27.9 Å². The lowest BCUT2D eigenvalue weighted by Crippen LogP contribution is -2.49. The Morgan fingerprint density at radius 2 is 1.50 bits per heavy atom. The minimum absolute atomic E-state index is 0.0593. The predicted octanol–water partition coefficient (Wildman–Crippen LogP) is 6.75. The lowest BCUT2D eigenvalue weighted by Gasteiger charge is -2.40. The molecule has 3 aliphatic heterocycles. The molecule has 3 fully saturated rings. The standard InChI is InChI=1S/C37H43Cl2N5O4/c1-41-16-10-25(11-17-41)26-12-18-42(19-13-26)35(45)33(23-24-6-8-30(38)31(39)22-24)48-37(47)43-20-14-28(15-21-43)44-32-9-7-27-4-2-3-5-29(27)34(32)40-36(44)46/h2-9,22,25-26,28,33H,10-21,23H2,1H3,(H,40,46)/t33-/m1/s1. The van der Waals surface area contributed by atoms with Crippen LogP contribution in [0, 0.1) is 11.8 Å². The van der Waals surface area contributed by atoms with Crippen LogP contribution in [0.25, 0.3) is 21.8 Å². The molecule has 3 saturated heterocycles. The van der Waals surface area contributed by atoms with Crippen LogP contribution < -0.4 is 5.69 Å². The van der Waals surface area contributed by atoms with E-state index in [-0.39, 0.29) is 24.1 Å². The highest BCUT2D eigenvalue weighted by atomic mass is 35.5.